The normalized spacial score (nSPS) is 16.1. The van der Waals surface area contributed by atoms with Gasteiger partial charge in [-0.2, -0.15) is 0 Å². The molecular formula is C15H13ClN2O3. The summed E-state index contributed by atoms with van der Waals surface area (Å²) in [5.41, 5.74) is 7.33. The van der Waals surface area contributed by atoms with Crippen molar-refractivity contribution in [2.75, 3.05) is 17.7 Å². The van der Waals surface area contributed by atoms with Crippen LogP contribution in [0.4, 0.5) is 11.4 Å². The number of nitrogen functional groups attached to an aromatic ring is 1. The number of anilines is 2. The van der Waals surface area contributed by atoms with Gasteiger partial charge in [0.2, 0.25) is 0 Å². The van der Waals surface area contributed by atoms with Crippen LogP contribution < -0.4 is 15.8 Å². The number of nitrogens with two attached hydrogens (primary N) is 1. The Morgan fingerprint density at radius 3 is 2.90 bits per heavy atom. The molecule has 5 nitrogen and oxygen atoms in total. The molecule has 1 aliphatic heterocycles. The topological polar surface area (TPSA) is 84.6 Å². The third kappa shape index (κ3) is 2.48. The molecule has 1 atom stereocenters. The molecule has 3 rings (SSSR count). The van der Waals surface area contributed by atoms with E-state index in [2.05, 4.69) is 5.32 Å². The maximum atomic E-state index is 11.4. The van der Waals surface area contributed by atoms with E-state index in [0.29, 0.717) is 18.0 Å². The zero-order valence-electron chi connectivity index (χ0n) is 11.0. The van der Waals surface area contributed by atoms with Crippen molar-refractivity contribution in [3.63, 3.8) is 0 Å². The first-order valence-electron chi connectivity index (χ1n) is 6.37. The average Bonchev–Trinajstić information content (AvgIpc) is 2.84. The number of hydrogen-bond donors (Lipinski definition) is 3. The molecule has 4 N–H and O–H groups in total. The van der Waals surface area contributed by atoms with E-state index in [1.54, 1.807) is 0 Å². The van der Waals surface area contributed by atoms with Gasteiger partial charge in [-0.25, -0.2) is 4.79 Å². The fourth-order valence-corrected chi connectivity index (χ4v) is 2.68. The first-order valence-corrected chi connectivity index (χ1v) is 6.74. The van der Waals surface area contributed by atoms with Gasteiger partial charge in [0, 0.05) is 11.3 Å². The van der Waals surface area contributed by atoms with Crippen LogP contribution in [-0.2, 0) is 0 Å². The minimum absolute atomic E-state index is 0.0457. The van der Waals surface area contributed by atoms with Crippen molar-refractivity contribution in [2.45, 2.75) is 6.04 Å². The second-order valence-corrected chi connectivity index (χ2v) is 5.18. The third-order valence-electron chi connectivity index (χ3n) is 3.36. The standard InChI is InChI=1S/C15H13ClN2O3/c16-11-6-8(17)5-10(15(19)20)14(11)18-12-7-21-13-4-2-1-3-9(12)13/h1-6,12,18H,7,17H2,(H,19,20). The van der Waals surface area contributed by atoms with Gasteiger partial charge in [0.15, 0.2) is 0 Å². The van der Waals surface area contributed by atoms with Crippen LogP contribution in [0, 0.1) is 0 Å². The number of ether oxygens (including phenoxy) is 1. The zero-order valence-corrected chi connectivity index (χ0v) is 11.7. The van der Waals surface area contributed by atoms with E-state index in [1.807, 2.05) is 24.3 Å². The molecule has 6 heteroatoms. The van der Waals surface area contributed by atoms with Crippen LogP contribution in [0.2, 0.25) is 5.02 Å². The summed E-state index contributed by atoms with van der Waals surface area (Å²) in [7, 11) is 0. The minimum Gasteiger partial charge on any atom is -0.491 e. The Balaban J connectivity index is 1.98. The molecule has 0 bridgehead atoms. The molecule has 0 radical (unpaired) electrons. The molecule has 108 valence electrons. The van der Waals surface area contributed by atoms with Crippen LogP contribution in [-0.4, -0.2) is 17.7 Å². The van der Waals surface area contributed by atoms with Crippen molar-refractivity contribution in [1.82, 2.24) is 0 Å². The van der Waals surface area contributed by atoms with Gasteiger partial charge in [-0.15, -0.1) is 0 Å². The molecule has 2 aromatic rings. The van der Waals surface area contributed by atoms with E-state index in [9.17, 15) is 9.90 Å². The quantitative estimate of drug-likeness (QED) is 0.758. The van der Waals surface area contributed by atoms with Crippen LogP contribution in [0.15, 0.2) is 36.4 Å². The number of hydrogen-bond acceptors (Lipinski definition) is 4. The molecule has 0 fully saturated rings. The first-order chi connectivity index (χ1) is 10.1. The molecule has 0 amide bonds. The number of benzene rings is 2. The van der Waals surface area contributed by atoms with Crippen LogP contribution in [0.25, 0.3) is 0 Å². The predicted octanol–water partition coefficient (Wildman–Crippen LogP) is 3.17. The fourth-order valence-electron chi connectivity index (χ4n) is 2.40. The number of halogens is 1. The van der Waals surface area contributed by atoms with Crippen LogP contribution in [0.5, 0.6) is 5.75 Å². The lowest BCUT2D eigenvalue weighted by atomic mass is 10.1. The highest BCUT2D eigenvalue weighted by Gasteiger charge is 2.26. The minimum atomic E-state index is -1.08. The van der Waals surface area contributed by atoms with Gasteiger partial charge in [-0.1, -0.05) is 29.8 Å². The summed E-state index contributed by atoms with van der Waals surface area (Å²) in [6, 6.07) is 10.4. The SMILES string of the molecule is Nc1cc(Cl)c(NC2COc3ccccc32)c(C(=O)O)c1. The summed E-state index contributed by atoms with van der Waals surface area (Å²) in [6.07, 6.45) is 0. The van der Waals surface area contributed by atoms with E-state index < -0.39 is 5.97 Å². The summed E-state index contributed by atoms with van der Waals surface area (Å²) >= 11 is 6.14. The highest BCUT2D eigenvalue weighted by Crippen LogP contribution is 2.37. The van der Waals surface area contributed by atoms with E-state index in [4.69, 9.17) is 22.1 Å². The highest BCUT2D eigenvalue weighted by molar-refractivity contribution is 6.34. The smallest absolute Gasteiger partial charge is 0.337 e. The van der Waals surface area contributed by atoms with Gasteiger partial charge in [0.05, 0.1) is 22.3 Å². The Morgan fingerprint density at radius 1 is 1.38 bits per heavy atom. The second-order valence-electron chi connectivity index (χ2n) is 4.78. The zero-order chi connectivity index (χ0) is 15.0. The van der Waals surface area contributed by atoms with Crippen molar-refractivity contribution < 1.29 is 14.6 Å². The number of para-hydroxylation sites is 1. The number of aromatic carboxylic acids is 1. The van der Waals surface area contributed by atoms with Crippen LogP contribution in [0.3, 0.4) is 0 Å². The average molecular weight is 305 g/mol. The highest BCUT2D eigenvalue weighted by atomic mass is 35.5. The fraction of sp³-hybridized carbons (Fsp3) is 0.133. The molecule has 2 aromatic carbocycles. The number of rotatable bonds is 3. The summed E-state index contributed by atoms with van der Waals surface area (Å²) in [6.45, 7) is 0.416. The summed E-state index contributed by atoms with van der Waals surface area (Å²) in [4.78, 5) is 11.4. The number of carboxylic acid groups (broad SMARTS) is 1. The van der Waals surface area contributed by atoms with Gasteiger partial charge >= 0.3 is 5.97 Å². The second kappa shape index (κ2) is 5.18. The summed E-state index contributed by atoms with van der Waals surface area (Å²) in [5, 5.41) is 12.7. The van der Waals surface area contributed by atoms with Crippen molar-refractivity contribution in [3.05, 3.63) is 52.5 Å². The molecule has 21 heavy (non-hydrogen) atoms. The summed E-state index contributed by atoms with van der Waals surface area (Å²) < 4.78 is 5.57. The van der Waals surface area contributed by atoms with Crippen molar-refractivity contribution >= 4 is 28.9 Å². The Morgan fingerprint density at radius 2 is 2.14 bits per heavy atom. The lowest BCUT2D eigenvalue weighted by Crippen LogP contribution is -2.15. The Hall–Kier alpha value is -2.40. The van der Waals surface area contributed by atoms with Crippen molar-refractivity contribution in [2.24, 2.45) is 0 Å². The van der Waals surface area contributed by atoms with Crippen molar-refractivity contribution in [1.29, 1.82) is 0 Å². The molecule has 0 saturated carbocycles. The Labute approximate surface area is 126 Å². The molecule has 1 unspecified atom stereocenters. The van der Waals surface area contributed by atoms with Gasteiger partial charge in [-0.3, -0.25) is 0 Å². The molecule has 0 saturated heterocycles. The Kier molecular flexibility index (Phi) is 3.35. The van der Waals surface area contributed by atoms with Gasteiger partial charge in [0.1, 0.15) is 12.4 Å². The lowest BCUT2D eigenvalue weighted by Gasteiger charge is -2.17. The number of carbonyl (C=O) groups is 1. The van der Waals surface area contributed by atoms with Gasteiger partial charge in [-0.05, 0) is 18.2 Å². The monoisotopic (exact) mass is 304 g/mol. The lowest BCUT2D eigenvalue weighted by molar-refractivity contribution is 0.0698. The maximum absolute atomic E-state index is 11.4. The van der Waals surface area contributed by atoms with E-state index >= 15 is 0 Å². The first kappa shape index (κ1) is 13.6. The molecule has 1 heterocycles. The molecule has 0 aromatic heterocycles. The largest absolute Gasteiger partial charge is 0.491 e. The van der Waals surface area contributed by atoms with Crippen LogP contribution >= 0.6 is 11.6 Å². The number of fused-ring (bicyclic) bond motifs is 1. The van der Waals surface area contributed by atoms with Crippen LogP contribution in [0.1, 0.15) is 22.0 Å². The molecule has 0 spiro atoms. The predicted molar refractivity (Wildman–Crippen MR) is 81.1 cm³/mol. The van der Waals surface area contributed by atoms with Crippen molar-refractivity contribution in [3.8, 4) is 5.75 Å². The third-order valence-corrected chi connectivity index (χ3v) is 3.66. The van der Waals surface area contributed by atoms with E-state index in [0.717, 1.165) is 11.3 Å². The molecule has 0 aliphatic carbocycles. The number of carboxylic acids is 1. The summed E-state index contributed by atoms with van der Waals surface area (Å²) in [5.74, 6) is -0.294. The molecular weight excluding hydrogens is 292 g/mol. The van der Waals surface area contributed by atoms with Gasteiger partial charge in [0.25, 0.3) is 0 Å². The Bertz CT molecular complexity index is 718. The van der Waals surface area contributed by atoms with Gasteiger partial charge < -0.3 is 20.9 Å². The van der Waals surface area contributed by atoms with E-state index in [1.165, 1.54) is 12.1 Å². The van der Waals surface area contributed by atoms with E-state index in [-0.39, 0.29) is 16.6 Å². The maximum Gasteiger partial charge on any atom is 0.337 e. The number of nitrogens with one attached hydrogen (secondary N) is 1. The molecule has 1 aliphatic rings.